The Bertz CT molecular complexity index is 172. The molecule has 1 aromatic rings. The molecule has 0 bridgehead atoms. The Hall–Kier alpha value is -0.550. The van der Waals surface area contributed by atoms with Gasteiger partial charge in [-0.25, -0.2) is 0 Å². The third-order valence-corrected chi connectivity index (χ3v) is 1.56. The van der Waals surface area contributed by atoms with Gasteiger partial charge in [-0.3, -0.25) is 4.67 Å². The molecule has 48 valence electrons. The number of benzene rings is 1. The van der Waals surface area contributed by atoms with Crippen molar-refractivity contribution in [3.63, 3.8) is 0 Å². The van der Waals surface area contributed by atoms with Crippen molar-refractivity contribution < 1.29 is 0 Å². The van der Waals surface area contributed by atoms with Crippen LogP contribution in [0.15, 0.2) is 30.3 Å². The standard InChI is InChI=1S/C7H10NP/c1-8(9)7-5-3-2-4-6-7/h2-6H,9H2,1H3/p+1. The Labute approximate surface area is 57.9 Å². The summed E-state index contributed by atoms with van der Waals surface area (Å²) in [5.41, 5.74) is 1.26. The van der Waals surface area contributed by atoms with Gasteiger partial charge in [-0.05, 0) is 12.1 Å². The van der Waals surface area contributed by atoms with E-state index in [9.17, 15) is 0 Å². The van der Waals surface area contributed by atoms with Gasteiger partial charge in [-0.1, -0.05) is 18.2 Å². The topological polar surface area (TPSA) is 3.24 Å². The molecule has 0 heterocycles. The van der Waals surface area contributed by atoms with Crippen molar-refractivity contribution in [2.24, 2.45) is 0 Å². The normalized spacial score (nSPS) is 9.44. The van der Waals surface area contributed by atoms with Crippen LogP contribution in [0.3, 0.4) is 0 Å². The van der Waals surface area contributed by atoms with Crippen molar-refractivity contribution in [2.75, 3.05) is 11.7 Å². The van der Waals surface area contributed by atoms with Crippen molar-refractivity contribution >= 4 is 15.1 Å². The molecule has 2 heteroatoms. The van der Waals surface area contributed by atoms with Crippen molar-refractivity contribution in [1.29, 1.82) is 0 Å². The molecule has 0 spiro atoms. The van der Waals surface area contributed by atoms with Crippen LogP contribution in [0.2, 0.25) is 0 Å². The van der Waals surface area contributed by atoms with E-state index in [0.717, 1.165) is 0 Å². The number of hydrogen-bond donors (Lipinski definition) is 0. The van der Waals surface area contributed by atoms with Crippen molar-refractivity contribution in [3.05, 3.63) is 30.3 Å². The van der Waals surface area contributed by atoms with Gasteiger partial charge in [0.05, 0.1) is 15.1 Å². The summed E-state index contributed by atoms with van der Waals surface area (Å²) in [5, 5.41) is 0. The van der Waals surface area contributed by atoms with Crippen molar-refractivity contribution in [1.82, 2.24) is 0 Å². The lowest BCUT2D eigenvalue weighted by Gasteiger charge is -2.04. The van der Waals surface area contributed by atoms with E-state index < -0.39 is 0 Å². The maximum atomic E-state index is 2.11. The lowest BCUT2D eigenvalue weighted by molar-refractivity contribution is 1.36. The zero-order chi connectivity index (χ0) is 6.69. The zero-order valence-electron chi connectivity index (χ0n) is 5.54. The van der Waals surface area contributed by atoms with E-state index >= 15 is 0 Å². The Morgan fingerprint density at radius 2 is 1.78 bits per heavy atom. The molecule has 0 saturated heterocycles. The monoisotopic (exact) mass is 140 g/mol. The predicted octanol–water partition coefficient (Wildman–Crippen LogP) is 1.65. The number of hydrogen-bond acceptors (Lipinski definition) is 1. The van der Waals surface area contributed by atoms with Gasteiger partial charge in [0.1, 0.15) is 0 Å². The van der Waals surface area contributed by atoms with Crippen LogP contribution in [-0.2, 0) is 0 Å². The fourth-order valence-electron chi connectivity index (χ4n) is 0.682. The molecule has 0 aliphatic carbocycles. The van der Waals surface area contributed by atoms with Crippen LogP contribution in [0, 0.1) is 0 Å². The third kappa shape index (κ3) is 1.69. The minimum Gasteiger partial charge on any atom is -0.259 e. The summed E-state index contributed by atoms with van der Waals surface area (Å²) >= 11 is 0. The molecule has 1 aromatic carbocycles. The van der Waals surface area contributed by atoms with E-state index in [1.54, 1.807) is 0 Å². The van der Waals surface area contributed by atoms with E-state index in [-0.39, 0.29) is 0 Å². The predicted molar refractivity (Wildman–Crippen MR) is 46.0 cm³/mol. The smallest absolute Gasteiger partial charge is 0.0720 e. The molecular formula is C7H11NP+. The van der Waals surface area contributed by atoms with Gasteiger partial charge in [0.2, 0.25) is 0 Å². The highest BCUT2D eigenvalue weighted by atomic mass is 31.0. The molecule has 0 amide bonds. The third-order valence-electron chi connectivity index (χ3n) is 1.20. The first kappa shape index (κ1) is 6.57. The maximum absolute atomic E-state index is 2.11. The molecule has 0 N–H and O–H groups in total. The highest BCUT2D eigenvalue weighted by Crippen LogP contribution is 2.13. The second-order valence-corrected chi connectivity index (χ2v) is 2.98. The summed E-state index contributed by atoms with van der Waals surface area (Å²) in [6, 6.07) is 10.3. The Kier molecular flexibility index (Phi) is 2.07. The molecule has 1 unspecified atom stereocenters. The summed E-state index contributed by atoms with van der Waals surface area (Å²) in [4.78, 5) is 0. The average Bonchev–Trinajstić information content (AvgIpc) is 1.90. The van der Waals surface area contributed by atoms with Crippen molar-refractivity contribution in [2.45, 2.75) is 0 Å². The first-order valence-corrected chi connectivity index (χ1v) is 3.53. The quantitative estimate of drug-likeness (QED) is 0.536. The average molecular weight is 140 g/mol. The highest BCUT2D eigenvalue weighted by molar-refractivity contribution is 7.19. The van der Waals surface area contributed by atoms with Gasteiger partial charge in [0.15, 0.2) is 0 Å². The van der Waals surface area contributed by atoms with Gasteiger partial charge >= 0.3 is 0 Å². The van der Waals surface area contributed by atoms with Crippen LogP contribution in [-0.4, -0.2) is 7.05 Å². The molecular weight excluding hydrogens is 129 g/mol. The fraction of sp³-hybridized carbons (Fsp3) is 0.143. The summed E-state index contributed by atoms with van der Waals surface area (Å²) in [6.07, 6.45) is 0. The van der Waals surface area contributed by atoms with Crippen LogP contribution in [0.1, 0.15) is 0 Å². The maximum Gasteiger partial charge on any atom is 0.0720 e. The van der Waals surface area contributed by atoms with Gasteiger partial charge < -0.3 is 0 Å². The molecule has 0 aliphatic rings. The lowest BCUT2D eigenvalue weighted by atomic mass is 10.3. The van der Waals surface area contributed by atoms with Crippen LogP contribution in [0.5, 0.6) is 0 Å². The summed E-state index contributed by atoms with van der Waals surface area (Å²) in [7, 11) is 3.90. The fourth-order valence-corrected chi connectivity index (χ4v) is 0.893. The molecule has 0 radical (unpaired) electrons. The molecule has 1 rings (SSSR count). The summed E-state index contributed by atoms with van der Waals surface area (Å²) < 4.78 is 2.11. The summed E-state index contributed by atoms with van der Waals surface area (Å²) in [6.45, 7) is 0. The highest BCUT2D eigenvalue weighted by Gasteiger charge is 1.92. The lowest BCUT2D eigenvalue weighted by Crippen LogP contribution is -1.97. The van der Waals surface area contributed by atoms with E-state index in [4.69, 9.17) is 0 Å². The van der Waals surface area contributed by atoms with E-state index in [1.165, 1.54) is 5.69 Å². The van der Waals surface area contributed by atoms with Gasteiger partial charge in [0, 0.05) is 7.05 Å². The molecule has 9 heavy (non-hydrogen) atoms. The zero-order valence-corrected chi connectivity index (χ0v) is 6.96. The van der Waals surface area contributed by atoms with E-state index in [1.807, 2.05) is 34.6 Å². The number of anilines is 1. The molecule has 0 saturated carbocycles. The minimum absolute atomic E-state index is 1.26. The molecule has 0 aromatic heterocycles. The van der Waals surface area contributed by atoms with Crippen LogP contribution in [0.4, 0.5) is 5.69 Å². The van der Waals surface area contributed by atoms with Crippen molar-refractivity contribution in [3.8, 4) is 0 Å². The van der Waals surface area contributed by atoms with E-state index in [0.29, 0.717) is 0 Å². The first-order valence-electron chi connectivity index (χ1n) is 2.90. The number of rotatable bonds is 1. The second-order valence-electron chi connectivity index (χ2n) is 2.03. The molecule has 0 aliphatic heterocycles. The first-order chi connectivity index (χ1) is 4.30. The number of nitrogens with zero attached hydrogens (tertiary/aromatic N) is 1. The largest absolute Gasteiger partial charge is 0.259 e. The minimum atomic E-state index is 1.26. The van der Waals surface area contributed by atoms with E-state index in [2.05, 4.69) is 16.8 Å². The molecule has 0 fully saturated rings. The Balaban J connectivity index is 2.85. The molecule has 1 atom stereocenters. The second kappa shape index (κ2) is 2.84. The van der Waals surface area contributed by atoms with Crippen LogP contribution < -0.4 is 4.67 Å². The van der Waals surface area contributed by atoms with Gasteiger partial charge in [0.25, 0.3) is 0 Å². The SMILES string of the molecule is CN([PH3+])c1ccccc1. The van der Waals surface area contributed by atoms with Crippen LogP contribution in [0.25, 0.3) is 0 Å². The Morgan fingerprint density at radius 3 is 2.11 bits per heavy atom. The molecule has 1 nitrogen and oxygen atoms in total. The Morgan fingerprint density at radius 1 is 1.22 bits per heavy atom. The summed E-state index contributed by atoms with van der Waals surface area (Å²) in [5.74, 6) is 0. The number of para-hydroxylation sites is 1. The van der Waals surface area contributed by atoms with Gasteiger partial charge in [-0.2, -0.15) is 0 Å². The van der Waals surface area contributed by atoms with Gasteiger partial charge in [-0.15, -0.1) is 0 Å². The van der Waals surface area contributed by atoms with Crippen LogP contribution >= 0.6 is 9.39 Å².